The van der Waals surface area contributed by atoms with E-state index in [1.54, 1.807) is 0 Å². The third kappa shape index (κ3) is 16.0. The van der Waals surface area contributed by atoms with Gasteiger partial charge in [0.25, 0.3) is 0 Å². The van der Waals surface area contributed by atoms with Crippen LogP contribution in [0, 0.1) is 5.41 Å². The molecular formula is C10H18O2. The first-order valence-electron chi connectivity index (χ1n) is 3.73. The molecule has 70 valence electrons. The second-order valence-electron chi connectivity index (χ2n) is 3.66. The molecule has 0 aliphatic heterocycles. The van der Waals surface area contributed by atoms with Crippen molar-refractivity contribution in [2.45, 2.75) is 27.7 Å². The van der Waals surface area contributed by atoms with Crippen LogP contribution in [0.5, 0.6) is 0 Å². The van der Waals surface area contributed by atoms with Crippen LogP contribution in [-0.4, -0.2) is 11.1 Å². The molecule has 0 aromatic carbocycles. The van der Waals surface area contributed by atoms with Crippen molar-refractivity contribution in [1.29, 1.82) is 0 Å². The maximum absolute atomic E-state index is 9.60. The second-order valence-corrected chi connectivity index (χ2v) is 3.66. The number of aliphatic carboxylic acids is 1. The van der Waals surface area contributed by atoms with Crippen LogP contribution < -0.4 is 0 Å². The lowest BCUT2D eigenvalue weighted by molar-refractivity contribution is -0.132. The maximum atomic E-state index is 9.60. The lowest BCUT2D eigenvalue weighted by Gasteiger charge is -2.08. The Balaban J connectivity index is 0. The standard InChI is InChI=1S/C6H12.C4H6O2/c1-5-6(2,3)4;1-3(2)4(5)6/h5H,1H2,2-4H3;1H2,2H3,(H,5,6). The first-order valence-corrected chi connectivity index (χ1v) is 3.73. The summed E-state index contributed by atoms with van der Waals surface area (Å²) >= 11 is 0. The highest BCUT2D eigenvalue weighted by Gasteiger charge is 1.99. The van der Waals surface area contributed by atoms with Gasteiger partial charge in [-0.3, -0.25) is 0 Å². The van der Waals surface area contributed by atoms with E-state index in [-0.39, 0.29) is 5.57 Å². The van der Waals surface area contributed by atoms with Gasteiger partial charge in [0.2, 0.25) is 0 Å². The van der Waals surface area contributed by atoms with Gasteiger partial charge in [0, 0.05) is 5.57 Å². The molecule has 0 aromatic heterocycles. The molecule has 0 spiro atoms. The van der Waals surface area contributed by atoms with Crippen LogP contribution in [0.3, 0.4) is 0 Å². The molecule has 0 saturated carbocycles. The molecule has 0 radical (unpaired) electrons. The van der Waals surface area contributed by atoms with Crippen LogP contribution in [0.2, 0.25) is 0 Å². The lowest BCUT2D eigenvalue weighted by Crippen LogP contribution is -1.96. The number of carbonyl (C=O) groups is 1. The molecular weight excluding hydrogens is 152 g/mol. The molecule has 12 heavy (non-hydrogen) atoms. The van der Waals surface area contributed by atoms with Gasteiger partial charge in [0.05, 0.1) is 0 Å². The number of hydrogen-bond acceptors (Lipinski definition) is 1. The fraction of sp³-hybridized carbons (Fsp3) is 0.500. The Kier molecular flexibility index (Phi) is 6.29. The summed E-state index contributed by atoms with van der Waals surface area (Å²) < 4.78 is 0. The summed E-state index contributed by atoms with van der Waals surface area (Å²) in [4.78, 5) is 9.60. The van der Waals surface area contributed by atoms with E-state index < -0.39 is 5.97 Å². The predicted octanol–water partition coefficient (Wildman–Crippen LogP) is 2.87. The van der Waals surface area contributed by atoms with E-state index in [1.807, 2.05) is 6.08 Å². The van der Waals surface area contributed by atoms with E-state index in [9.17, 15) is 4.79 Å². The van der Waals surface area contributed by atoms with Crippen molar-refractivity contribution in [2.24, 2.45) is 5.41 Å². The van der Waals surface area contributed by atoms with Gasteiger partial charge in [0.1, 0.15) is 0 Å². The minimum absolute atomic E-state index is 0.176. The van der Waals surface area contributed by atoms with E-state index >= 15 is 0 Å². The highest BCUT2D eigenvalue weighted by atomic mass is 16.4. The lowest BCUT2D eigenvalue weighted by atomic mass is 9.98. The molecule has 2 nitrogen and oxygen atoms in total. The summed E-state index contributed by atoms with van der Waals surface area (Å²) in [6.45, 7) is 14.6. The van der Waals surface area contributed by atoms with Crippen LogP contribution in [0.15, 0.2) is 24.8 Å². The smallest absolute Gasteiger partial charge is 0.330 e. The van der Waals surface area contributed by atoms with Gasteiger partial charge in [-0.25, -0.2) is 4.79 Å². The summed E-state index contributed by atoms with van der Waals surface area (Å²) in [6, 6.07) is 0. The Hall–Kier alpha value is -1.05. The molecule has 0 amide bonds. The zero-order valence-corrected chi connectivity index (χ0v) is 8.35. The third-order valence-electron chi connectivity index (χ3n) is 0.977. The Labute approximate surface area is 74.6 Å². The third-order valence-corrected chi connectivity index (χ3v) is 0.977. The normalized spacial score (nSPS) is 9.33. The van der Waals surface area contributed by atoms with Gasteiger partial charge in [-0.05, 0) is 12.3 Å². The molecule has 1 N–H and O–H groups in total. The van der Waals surface area contributed by atoms with Crippen molar-refractivity contribution in [3.05, 3.63) is 24.8 Å². The quantitative estimate of drug-likeness (QED) is 0.485. The molecule has 0 fully saturated rings. The average molecular weight is 170 g/mol. The van der Waals surface area contributed by atoms with Crippen molar-refractivity contribution < 1.29 is 9.90 Å². The van der Waals surface area contributed by atoms with Crippen LogP contribution in [0.25, 0.3) is 0 Å². The van der Waals surface area contributed by atoms with E-state index in [4.69, 9.17) is 5.11 Å². The van der Waals surface area contributed by atoms with Crippen LogP contribution in [-0.2, 0) is 4.79 Å². The number of rotatable bonds is 1. The van der Waals surface area contributed by atoms with Crippen molar-refractivity contribution >= 4 is 5.97 Å². The van der Waals surface area contributed by atoms with Gasteiger partial charge < -0.3 is 5.11 Å². The first kappa shape index (κ1) is 13.5. The molecule has 0 bridgehead atoms. The molecule has 0 unspecified atom stereocenters. The summed E-state index contributed by atoms with van der Waals surface area (Å²) in [5, 5.41) is 7.89. The van der Waals surface area contributed by atoms with Gasteiger partial charge in [-0.1, -0.05) is 33.4 Å². The maximum Gasteiger partial charge on any atom is 0.330 e. The van der Waals surface area contributed by atoms with Gasteiger partial charge >= 0.3 is 5.97 Å². The predicted molar refractivity (Wildman–Crippen MR) is 52.1 cm³/mol. The van der Waals surface area contributed by atoms with E-state index in [0.29, 0.717) is 5.41 Å². The van der Waals surface area contributed by atoms with Gasteiger partial charge in [-0.2, -0.15) is 0 Å². The number of carboxylic acid groups (broad SMARTS) is 1. The van der Waals surface area contributed by atoms with Crippen LogP contribution >= 0.6 is 0 Å². The number of allylic oxidation sites excluding steroid dienone is 1. The van der Waals surface area contributed by atoms with Gasteiger partial charge in [0.15, 0.2) is 0 Å². The topological polar surface area (TPSA) is 37.3 Å². The molecule has 0 aromatic rings. The molecule has 0 aliphatic carbocycles. The first-order chi connectivity index (χ1) is 5.20. The summed E-state index contributed by atoms with van der Waals surface area (Å²) in [5.41, 5.74) is 0.481. The zero-order chi connectivity index (χ0) is 10.4. The molecule has 2 heteroatoms. The van der Waals surface area contributed by atoms with Crippen molar-refractivity contribution in [2.75, 3.05) is 0 Å². The number of hydrogen-bond donors (Lipinski definition) is 1. The Bertz CT molecular complexity index is 161. The SMILES string of the molecule is C=C(C)C(=O)O.C=CC(C)(C)C. The second kappa shape index (κ2) is 5.58. The minimum atomic E-state index is -0.935. The van der Waals surface area contributed by atoms with Crippen LogP contribution in [0.4, 0.5) is 0 Å². The fourth-order valence-electron chi connectivity index (χ4n) is 0. The molecule has 0 saturated heterocycles. The summed E-state index contributed by atoms with van der Waals surface area (Å²) in [5.74, 6) is -0.935. The summed E-state index contributed by atoms with van der Waals surface area (Å²) in [6.07, 6.45) is 1.94. The molecule has 0 rings (SSSR count). The molecule has 0 heterocycles. The highest BCUT2D eigenvalue weighted by molar-refractivity contribution is 5.84. The van der Waals surface area contributed by atoms with Crippen molar-refractivity contribution in [3.63, 3.8) is 0 Å². The van der Waals surface area contributed by atoms with Crippen LogP contribution in [0.1, 0.15) is 27.7 Å². The Morgan fingerprint density at radius 2 is 1.58 bits per heavy atom. The molecule has 0 atom stereocenters. The van der Waals surface area contributed by atoms with E-state index in [1.165, 1.54) is 6.92 Å². The monoisotopic (exact) mass is 170 g/mol. The Morgan fingerprint density at radius 1 is 1.42 bits per heavy atom. The average Bonchev–Trinajstić information content (AvgIpc) is 1.87. The fourth-order valence-corrected chi connectivity index (χ4v) is 0. The van der Waals surface area contributed by atoms with E-state index in [0.717, 1.165) is 0 Å². The van der Waals surface area contributed by atoms with Crippen molar-refractivity contribution in [3.8, 4) is 0 Å². The Morgan fingerprint density at radius 3 is 1.58 bits per heavy atom. The zero-order valence-electron chi connectivity index (χ0n) is 8.35. The van der Waals surface area contributed by atoms with Gasteiger partial charge in [-0.15, -0.1) is 6.58 Å². The highest BCUT2D eigenvalue weighted by Crippen LogP contribution is 2.11. The number of carboxylic acids is 1. The largest absolute Gasteiger partial charge is 0.478 e. The molecule has 0 aliphatic rings. The minimum Gasteiger partial charge on any atom is -0.478 e. The van der Waals surface area contributed by atoms with Crippen molar-refractivity contribution in [1.82, 2.24) is 0 Å². The summed E-state index contributed by atoms with van der Waals surface area (Å²) in [7, 11) is 0. The van der Waals surface area contributed by atoms with E-state index in [2.05, 4.69) is 33.9 Å².